The fourth-order valence-corrected chi connectivity index (χ4v) is 1.78. The molecule has 0 radical (unpaired) electrons. The molecule has 1 aromatic carbocycles. The molecule has 0 spiro atoms. The smallest absolute Gasteiger partial charge is 0.0944 e. The minimum atomic E-state index is 0.507. The Morgan fingerprint density at radius 3 is 2.71 bits per heavy atom. The van der Waals surface area contributed by atoms with Crippen LogP contribution in [0.4, 0.5) is 0 Å². The van der Waals surface area contributed by atoms with E-state index in [9.17, 15) is 0 Å². The quantitative estimate of drug-likeness (QED) is 0.737. The van der Waals surface area contributed by atoms with Crippen molar-refractivity contribution in [2.75, 3.05) is 5.88 Å². The van der Waals surface area contributed by atoms with Gasteiger partial charge in [0.05, 0.1) is 16.2 Å². The van der Waals surface area contributed by atoms with E-state index in [0.29, 0.717) is 17.3 Å². The number of benzene rings is 1. The van der Waals surface area contributed by atoms with E-state index in [4.69, 9.17) is 23.2 Å². The molecule has 0 unspecified atom stereocenters. The van der Waals surface area contributed by atoms with Crippen LogP contribution in [-0.2, 0) is 6.42 Å². The molecule has 2 nitrogen and oxygen atoms in total. The van der Waals surface area contributed by atoms with Crippen LogP contribution in [0.2, 0.25) is 5.02 Å². The second-order valence-corrected chi connectivity index (χ2v) is 3.67. The Kier molecular flexibility index (Phi) is 2.85. The Morgan fingerprint density at radius 1 is 1.14 bits per heavy atom. The van der Waals surface area contributed by atoms with Crippen LogP contribution in [0.25, 0.3) is 10.9 Å². The summed E-state index contributed by atoms with van der Waals surface area (Å²) in [6.07, 6.45) is 0.651. The molecular formula is C10H8Cl2N2. The molecule has 14 heavy (non-hydrogen) atoms. The van der Waals surface area contributed by atoms with E-state index in [2.05, 4.69) is 10.2 Å². The van der Waals surface area contributed by atoms with Crippen LogP contribution < -0.4 is 0 Å². The number of rotatable bonds is 2. The Morgan fingerprint density at radius 2 is 1.93 bits per heavy atom. The molecule has 0 saturated carbocycles. The van der Waals surface area contributed by atoms with Gasteiger partial charge in [-0.2, -0.15) is 10.2 Å². The van der Waals surface area contributed by atoms with Crippen molar-refractivity contribution in [2.24, 2.45) is 0 Å². The molecule has 0 N–H and O–H groups in total. The zero-order valence-corrected chi connectivity index (χ0v) is 8.89. The van der Waals surface area contributed by atoms with Crippen LogP contribution in [0.5, 0.6) is 0 Å². The minimum Gasteiger partial charge on any atom is -0.153 e. The SMILES string of the molecule is ClCCc1nnc2ccccc2c1Cl. The zero-order valence-electron chi connectivity index (χ0n) is 7.37. The van der Waals surface area contributed by atoms with Crippen molar-refractivity contribution in [3.8, 4) is 0 Å². The highest BCUT2D eigenvalue weighted by molar-refractivity contribution is 6.35. The number of halogens is 2. The van der Waals surface area contributed by atoms with Crippen LogP contribution in [0, 0.1) is 0 Å². The first-order valence-corrected chi connectivity index (χ1v) is 5.20. The van der Waals surface area contributed by atoms with E-state index in [0.717, 1.165) is 16.6 Å². The fraction of sp³-hybridized carbons (Fsp3) is 0.200. The highest BCUT2D eigenvalue weighted by atomic mass is 35.5. The van der Waals surface area contributed by atoms with Gasteiger partial charge in [0, 0.05) is 17.7 Å². The summed E-state index contributed by atoms with van der Waals surface area (Å²) in [4.78, 5) is 0. The summed E-state index contributed by atoms with van der Waals surface area (Å²) in [6.45, 7) is 0. The molecule has 0 aliphatic carbocycles. The van der Waals surface area contributed by atoms with Gasteiger partial charge in [0.2, 0.25) is 0 Å². The summed E-state index contributed by atoms with van der Waals surface area (Å²) in [5, 5.41) is 9.70. The van der Waals surface area contributed by atoms with E-state index >= 15 is 0 Å². The standard InChI is InChI=1S/C10H8Cl2N2/c11-6-5-9-10(12)7-3-1-2-4-8(7)13-14-9/h1-4H,5-6H2. The van der Waals surface area contributed by atoms with Crippen molar-refractivity contribution in [3.63, 3.8) is 0 Å². The number of hydrogen-bond acceptors (Lipinski definition) is 2. The van der Waals surface area contributed by atoms with Gasteiger partial charge in [-0.25, -0.2) is 0 Å². The van der Waals surface area contributed by atoms with Gasteiger partial charge in [0.25, 0.3) is 0 Å². The highest BCUT2D eigenvalue weighted by Gasteiger charge is 2.06. The van der Waals surface area contributed by atoms with Gasteiger partial charge in [-0.3, -0.25) is 0 Å². The maximum absolute atomic E-state index is 6.16. The van der Waals surface area contributed by atoms with Gasteiger partial charge in [0.15, 0.2) is 0 Å². The molecular weight excluding hydrogens is 219 g/mol. The van der Waals surface area contributed by atoms with Gasteiger partial charge in [-0.05, 0) is 6.07 Å². The van der Waals surface area contributed by atoms with Gasteiger partial charge in [-0.1, -0.05) is 29.8 Å². The van der Waals surface area contributed by atoms with E-state index < -0.39 is 0 Å². The number of alkyl halides is 1. The van der Waals surface area contributed by atoms with Gasteiger partial charge in [-0.15, -0.1) is 11.6 Å². The zero-order chi connectivity index (χ0) is 9.97. The first kappa shape index (κ1) is 9.69. The van der Waals surface area contributed by atoms with Crippen molar-refractivity contribution in [1.82, 2.24) is 10.2 Å². The number of nitrogens with zero attached hydrogens (tertiary/aromatic N) is 2. The van der Waals surface area contributed by atoms with Crippen LogP contribution in [0.1, 0.15) is 5.69 Å². The van der Waals surface area contributed by atoms with E-state index in [1.54, 1.807) is 0 Å². The van der Waals surface area contributed by atoms with E-state index in [1.807, 2.05) is 24.3 Å². The van der Waals surface area contributed by atoms with Crippen molar-refractivity contribution in [1.29, 1.82) is 0 Å². The molecule has 4 heteroatoms. The second-order valence-electron chi connectivity index (χ2n) is 2.92. The molecule has 0 bridgehead atoms. The highest BCUT2D eigenvalue weighted by Crippen LogP contribution is 2.23. The summed E-state index contributed by atoms with van der Waals surface area (Å²) in [6, 6.07) is 7.66. The summed E-state index contributed by atoms with van der Waals surface area (Å²) in [7, 11) is 0. The van der Waals surface area contributed by atoms with Crippen LogP contribution in [-0.4, -0.2) is 16.1 Å². The van der Waals surface area contributed by atoms with Gasteiger partial charge >= 0.3 is 0 Å². The maximum atomic E-state index is 6.16. The average molecular weight is 227 g/mol. The molecule has 0 saturated heterocycles. The molecule has 0 atom stereocenters. The van der Waals surface area contributed by atoms with Crippen LogP contribution in [0.3, 0.4) is 0 Å². The summed E-state index contributed by atoms with van der Waals surface area (Å²) >= 11 is 11.8. The molecule has 1 heterocycles. The molecule has 2 aromatic rings. The third-order valence-corrected chi connectivity index (χ3v) is 2.61. The third-order valence-electron chi connectivity index (χ3n) is 2.00. The molecule has 72 valence electrons. The number of hydrogen-bond donors (Lipinski definition) is 0. The topological polar surface area (TPSA) is 25.8 Å². The number of fused-ring (bicyclic) bond motifs is 1. The van der Waals surface area contributed by atoms with Crippen molar-refractivity contribution in [3.05, 3.63) is 35.0 Å². The largest absolute Gasteiger partial charge is 0.153 e. The summed E-state index contributed by atoms with van der Waals surface area (Å²) in [5.74, 6) is 0.507. The average Bonchev–Trinajstić information content (AvgIpc) is 2.23. The normalized spacial score (nSPS) is 10.7. The first-order valence-electron chi connectivity index (χ1n) is 4.28. The number of aryl methyl sites for hydroxylation is 1. The lowest BCUT2D eigenvalue weighted by atomic mass is 10.2. The van der Waals surface area contributed by atoms with Crippen molar-refractivity contribution < 1.29 is 0 Å². The molecule has 0 aliphatic heterocycles. The summed E-state index contributed by atoms with van der Waals surface area (Å²) < 4.78 is 0. The Bertz CT molecular complexity index is 457. The lowest BCUT2D eigenvalue weighted by Crippen LogP contribution is -1.96. The molecule has 0 fully saturated rings. The van der Waals surface area contributed by atoms with E-state index in [1.165, 1.54) is 0 Å². The molecule has 0 aliphatic rings. The second kappa shape index (κ2) is 4.11. The van der Waals surface area contributed by atoms with Crippen molar-refractivity contribution >= 4 is 34.1 Å². The Hall–Kier alpha value is -0.860. The first-order chi connectivity index (χ1) is 6.83. The maximum Gasteiger partial charge on any atom is 0.0944 e. The third kappa shape index (κ3) is 1.68. The van der Waals surface area contributed by atoms with Gasteiger partial charge < -0.3 is 0 Å². The lowest BCUT2D eigenvalue weighted by molar-refractivity contribution is 0.949. The molecule has 0 amide bonds. The monoisotopic (exact) mass is 226 g/mol. The van der Waals surface area contributed by atoms with Gasteiger partial charge in [0.1, 0.15) is 0 Å². The minimum absolute atomic E-state index is 0.507. The predicted octanol–water partition coefficient (Wildman–Crippen LogP) is 3.06. The van der Waals surface area contributed by atoms with Crippen LogP contribution >= 0.6 is 23.2 Å². The summed E-state index contributed by atoms with van der Waals surface area (Å²) in [5.41, 5.74) is 1.58. The molecule has 2 rings (SSSR count). The molecule has 1 aromatic heterocycles. The fourth-order valence-electron chi connectivity index (χ4n) is 1.31. The lowest BCUT2D eigenvalue weighted by Gasteiger charge is -2.03. The van der Waals surface area contributed by atoms with Crippen molar-refractivity contribution in [2.45, 2.75) is 6.42 Å². The van der Waals surface area contributed by atoms with E-state index in [-0.39, 0.29) is 0 Å². The van der Waals surface area contributed by atoms with Crippen LogP contribution in [0.15, 0.2) is 24.3 Å². The Balaban J connectivity index is 2.63. The predicted molar refractivity (Wildman–Crippen MR) is 59.0 cm³/mol. The number of aromatic nitrogens is 2. The Labute approximate surface area is 91.9 Å².